The molecule has 0 radical (unpaired) electrons. The first-order chi connectivity index (χ1) is 7.36. The molecule has 2 rings (SSSR count). The Bertz CT molecular complexity index is 199. The molecule has 1 heterocycles. The molecule has 86 valence electrons. The number of nitrogens with zero attached hydrogens (tertiary/aromatic N) is 1. The third-order valence-electron chi connectivity index (χ3n) is 2.51. The zero-order valence-corrected chi connectivity index (χ0v) is 9.21. The molecule has 2 fully saturated rings. The molecule has 4 heteroatoms. The molecule has 0 aromatic heterocycles. The quantitative estimate of drug-likeness (QED) is 0.700. The van der Waals surface area contributed by atoms with Crippen molar-refractivity contribution in [1.29, 1.82) is 0 Å². The zero-order chi connectivity index (χ0) is 11.1. The van der Waals surface area contributed by atoms with Gasteiger partial charge in [0.15, 0.2) is 0 Å². The number of carbonyl (C=O) groups is 1. The van der Waals surface area contributed by atoms with Gasteiger partial charge in [0, 0.05) is 26.2 Å². The van der Waals surface area contributed by atoms with E-state index in [1.165, 1.54) is 12.8 Å². The fourth-order valence-corrected chi connectivity index (χ4v) is 1.41. The van der Waals surface area contributed by atoms with Gasteiger partial charge in [-0.15, -0.1) is 13.2 Å². The van der Waals surface area contributed by atoms with Gasteiger partial charge in [-0.3, -0.25) is 0 Å². The Morgan fingerprint density at radius 3 is 2.47 bits per heavy atom. The predicted octanol–water partition coefficient (Wildman–Crippen LogP) is 1.24. The number of carbonyl (C=O) groups excluding carboxylic acids is 1. The van der Waals surface area contributed by atoms with E-state index in [0.29, 0.717) is 12.5 Å². The van der Waals surface area contributed by atoms with Gasteiger partial charge in [0.2, 0.25) is 0 Å². The topological polar surface area (TPSA) is 41.6 Å². The number of piperazine rings is 1. The lowest BCUT2D eigenvalue weighted by molar-refractivity contribution is 0.0938. The first-order valence-electron chi connectivity index (χ1n) is 5.48. The summed E-state index contributed by atoms with van der Waals surface area (Å²) in [5.41, 5.74) is 0. The molecule has 0 aromatic carbocycles. The van der Waals surface area contributed by atoms with Crippen LogP contribution in [0.2, 0.25) is 0 Å². The van der Waals surface area contributed by atoms with Crippen molar-refractivity contribution >= 4 is 6.09 Å². The Labute approximate surface area is 91.3 Å². The van der Waals surface area contributed by atoms with Gasteiger partial charge in [-0.1, -0.05) is 0 Å². The molecule has 0 aromatic rings. The highest BCUT2D eigenvalue weighted by Gasteiger charge is 2.25. The van der Waals surface area contributed by atoms with E-state index in [0.717, 1.165) is 26.2 Å². The van der Waals surface area contributed by atoms with Crippen LogP contribution in [0.1, 0.15) is 12.8 Å². The first-order valence-corrected chi connectivity index (χ1v) is 5.48. The van der Waals surface area contributed by atoms with Gasteiger partial charge in [0.25, 0.3) is 0 Å². The van der Waals surface area contributed by atoms with Crippen molar-refractivity contribution in [3.63, 3.8) is 0 Å². The van der Waals surface area contributed by atoms with Crippen molar-refractivity contribution in [2.75, 3.05) is 32.8 Å². The van der Waals surface area contributed by atoms with Gasteiger partial charge >= 0.3 is 6.09 Å². The van der Waals surface area contributed by atoms with Crippen molar-refractivity contribution in [2.45, 2.75) is 12.8 Å². The Kier molecular flexibility index (Phi) is 5.18. The maximum Gasteiger partial charge on any atom is 0.409 e. The minimum atomic E-state index is -0.131. The predicted molar refractivity (Wildman–Crippen MR) is 59.8 cm³/mol. The van der Waals surface area contributed by atoms with Crippen LogP contribution in [0.5, 0.6) is 0 Å². The molecule has 1 aliphatic heterocycles. The molecular weight excluding hydrogens is 192 g/mol. The molecule has 4 nitrogen and oxygen atoms in total. The van der Waals surface area contributed by atoms with E-state index in [1.807, 2.05) is 0 Å². The minimum absolute atomic E-state index is 0.131. The summed E-state index contributed by atoms with van der Waals surface area (Å²) in [4.78, 5) is 13.2. The summed E-state index contributed by atoms with van der Waals surface area (Å²) in [7, 11) is 0. The fourth-order valence-electron chi connectivity index (χ4n) is 1.41. The molecule has 0 atom stereocenters. The van der Waals surface area contributed by atoms with Crippen molar-refractivity contribution in [1.82, 2.24) is 10.2 Å². The summed E-state index contributed by atoms with van der Waals surface area (Å²) in [5, 5.41) is 3.20. The highest BCUT2D eigenvalue weighted by atomic mass is 16.6. The van der Waals surface area contributed by atoms with Crippen LogP contribution in [0.4, 0.5) is 4.79 Å². The molecule has 1 amide bonds. The van der Waals surface area contributed by atoms with Crippen LogP contribution in [0.25, 0.3) is 0 Å². The van der Waals surface area contributed by atoms with E-state index in [9.17, 15) is 4.79 Å². The van der Waals surface area contributed by atoms with Crippen molar-refractivity contribution in [3.8, 4) is 0 Å². The van der Waals surface area contributed by atoms with Crippen LogP contribution in [-0.2, 0) is 4.74 Å². The first kappa shape index (κ1) is 12.0. The van der Waals surface area contributed by atoms with Crippen LogP contribution in [-0.4, -0.2) is 43.8 Å². The number of nitrogens with one attached hydrogen (secondary N) is 1. The molecule has 0 spiro atoms. The zero-order valence-electron chi connectivity index (χ0n) is 9.21. The summed E-state index contributed by atoms with van der Waals surface area (Å²) in [6.07, 6.45) is 2.33. The number of amides is 1. The molecule has 1 N–H and O–H groups in total. The van der Waals surface area contributed by atoms with Crippen molar-refractivity contribution in [2.24, 2.45) is 5.92 Å². The van der Waals surface area contributed by atoms with E-state index in [1.54, 1.807) is 4.90 Å². The monoisotopic (exact) mass is 212 g/mol. The van der Waals surface area contributed by atoms with E-state index in [2.05, 4.69) is 18.5 Å². The third-order valence-corrected chi connectivity index (χ3v) is 2.51. The lowest BCUT2D eigenvalue weighted by atomic mass is 10.4. The summed E-state index contributed by atoms with van der Waals surface area (Å²) in [6.45, 7) is 9.97. The second-order valence-electron chi connectivity index (χ2n) is 3.76. The highest BCUT2D eigenvalue weighted by molar-refractivity contribution is 5.67. The molecule has 1 saturated heterocycles. The van der Waals surface area contributed by atoms with Crippen molar-refractivity contribution < 1.29 is 9.53 Å². The van der Waals surface area contributed by atoms with Crippen LogP contribution in [0, 0.1) is 5.92 Å². The molecule has 0 bridgehead atoms. The van der Waals surface area contributed by atoms with E-state index in [4.69, 9.17) is 4.74 Å². The second kappa shape index (κ2) is 6.45. The number of ether oxygens (including phenoxy) is 1. The standard InChI is InChI=1S/C9H16N2O2.C2H4/c12-9(13-7-8-1-2-8)11-5-3-10-4-6-11;1-2/h8,10H,1-7H2;1-2H2. The smallest absolute Gasteiger partial charge is 0.409 e. The van der Waals surface area contributed by atoms with Crippen LogP contribution in [0.3, 0.4) is 0 Å². The maximum atomic E-state index is 11.4. The minimum Gasteiger partial charge on any atom is -0.449 e. The fraction of sp³-hybridized carbons (Fsp3) is 0.727. The third kappa shape index (κ3) is 4.34. The lowest BCUT2D eigenvalue weighted by Crippen LogP contribution is -2.46. The SMILES string of the molecule is C=C.O=C(OCC1CC1)N1CCNCC1. The Morgan fingerprint density at radius 1 is 1.33 bits per heavy atom. The molecule has 15 heavy (non-hydrogen) atoms. The van der Waals surface area contributed by atoms with Crippen LogP contribution >= 0.6 is 0 Å². The second-order valence-corrected chi connectivity index (χ2v) is 3.76. The van der Waals surface area contributed by atoms with Gasteiger partial charge in [-0.2, -0.15) is 0 Å². The molecule has 0 unspecified atom stereocenters. The van der Waals surface area contributed by atoms with E-state index >= 15 is 0 Å². The maximum absolute atomic E-state index is 11.4. The molecule has 1 saturated carbocycles. The summed E-state index contributed by atoms with van der Waals surface area (Å²) < 4.78 is 5.16. The number of hydrogen-bond donors (Lipinski definition) is 1. The normalized spacial score (nSPS) is 20.1. The van der Waals surface area contributed by atoms with Gasteiger partial charge in [-0.05, 0) is 18.8 Å². The summed E-state index contributed by atoms with van der Waals surface area (Å²) >= 11 is 0. The lowest BCUT2D eigenvalue weighted by Gasteiger charge is -2.26. The molecular formula is C11H20N2O2. The Balaban J connectivity index is 0.000000531. The van der Waals surface area contributed by atoms with Gasteiger partial charge < -0.3 is 15.0 Å². The van der Waals surface area contributed by atoms with Crippen LogP contribution < -0.4 is 5.32 Å². The number of rotatable bonds is 2. The summed E-state index contributed by atoms with van der Waals surface area (Å²) in [6, 6.07) is 0. The van der Waals surface area contributed by atoms with Crippen LogP contribution in [0.15, 0.2) is 13.2 Å². The largest absolute Gasteiger partial charge is 0.449 e. The average molecular weight is 212 g/mol. The van der Waals surface area contributed by atoms with E-state index < -0.39 is 0 Å². The Morgan fingerprint density at radius 2 is 1.93 bits per heavy atom. The van der Waals surface area contributed by atoms with Gasteiger partial charge in [0.1, 0.15) is 0 Å². The Hall–Kier alpha value is -1.03. The average Bonchev–Trinajstić information content (AvgIpc) is 3.14. The molecule has 1 aliphatic carbocycles. The van der Waals surface area contributed by atoms with Gasteiger partial charge in [0.05, 0.1) is 6.61 Å². The van der Waals surface area contributed by atoms with Gasteiger partial charge in [-0.25, -0.2) is 4.79 Å². The summed E-state index contributed by atoms with van der Waals surface area (Å²) in [5.74, 6) is 0.659. The number of hydrogen-bond acceptors (Lipinski definition) is 3. The highest BCUT2D eigenvalue weighted by Crippen LogP contribution is 2.28. The van der Waals surface area contributed by atoms with Crippen molar-refractivity contribution in [3.05, 3.63) is 13.2 Å². The van der Waals surface area contributed by atoms with E-state index in [-0.39, 0.29) is 6.09 Å². The molecule has 2 aliphatic rings.